The van der Waals surface area contributed by atoms with E-state index in [0.29, 0.717) is 6.61 Å². The summed E-state index contributed by atoms with van der Waals surface area (Å²) in [6.45, 7) is 4.03. The summed E-state index contributed by atoms with van der Waals surface area (Å²) in [6.07, 6.45) is 1.24. The quantitative estimate of drug-likeness (QED) is 0.900. The Labute approximate surface area is 114 Å². The molecule has 1 N–H and O–H groups in total. The number of hydrogen-bond donors (Lipinski definition) is 1. The highest BCUT2D eigenvalue weighted by Crippen LogP contribution is 2.30. The predicted molar refractivity (Wildman–Crippen MR) is 72.8 cm³/mol. The fraction of sp³-hybridized carbons (Fsp3) is 0.533. The Morgan fingerprint density at radius 2 is 2.11 bits per heavy atom. The summed E-state index contributed by atoms with van der Waals surface area (Å²) in [5, 5.41) is 19.0. The van der Waals surface area contributed by atoms with Crippen LogP contribution in [0, 0.1) is 11.3 Å². The maximum absolute atomic E-state index is 9.56. The summed E-state index contributed by atoms with van der Waals surface area (Å²) in [7, 11) is 0. The van der Waals surface area contributed by atoms with Gasteiger partial charge in [0.05, 0.1) is 18.8 Å². The molecular weight excluding hydrogens is 240 g/mol. The molecule has 0 radical (unpaired) electrons. The molecule has 0 aliphatic carbocycles. The molecule has 1 aliphatic heterocycles. The van der Waals surface area contributed by atoms with Gasteiger partial charge in [-0.2, -0.15) is 5.26 Å². The topological polar surface area (TPSA) is 56.5 Å². The zero-order valence-corrected chi connectivity index (χ0v) is 11.2. The van der Waals surface area contributed by atoms with E-state index in [1.165, 1.54) is 0 Å². The lowest BCUT2D eigenvalue weighted by molar-refractivity contribution is 0.0711. The van der Waals surface area contributed by atoms with E-state index in [-0.39, 0.29) is 12.1 Å². The van der Waals surface area contributed by atoms with Crippen LogP contribution in [0.1, 0.15) is 31.4 Å². The fourth-order valence-corrected chi connectivity index (χ4v) is 2.49. The Morgan fingerprint density at radius 1 is 1.42 bits per heavy atom. The number of aliphatic hydroxyl groups is 1. The summed E-state index contributed by atoms with van der Waals surface area (Å²) < 4.78 is 5.60. The van der Waals surface area contributed by atoms with Crippen molar-refractivity contribution in [3.8, 4) is 11.8 Å². The van der Waals surface area contributed by atoms with Crippen LogP contribution in [0.2, 0.25) is 0 Å². The molecule has 1 saturated heterocycles. The molecule has 2 rings (SSSR count). The van der Waals surface area contributed by atoms with Crippen molar-refractivity contribution in [2.45, 2.75) is 31.9 Å². The third kappa shape index (κ3) is 3.25. The number of para-hydroxylation sites is 1. The van der Waals surface area contributed by atoms with Crippen LogP contribution < -0.4 is 4.74 Å². The summed E-state index contributed by atoms with van der Waals surface area (Å²) in [6, 6.07) is 9.77. The van der Waals surface area contributed by atoms with E-state index in [1.807, 2.05) is 31.2 Å². The van der Waals surface area contributed by atoms with Gasteiger partial charge in [0.1, 0.15) is 11.8 Å². The maximum Gasteiger partial charge on any atom is 0.127 e. The number of hydrogen-bond acceptors (Lipinski definition) is 4. The molecule has 0 spiro atoms. The highest BCUT2D eigenvalue weighted by molar-refractivity contribution is 5.38. The second-order valence-electron chi connectivity index (χ2n) is 4.77. The highest BCUT2D eigenvalue weighted by Gasteiger charge is 2.26. The van der Waals surface area contributed by atoms with Crippen molar-refractivity contribution in [3.63, 3.8) is 0 Å². The average molecular weight is 260 g/mol. The minimum atomic E-state index is -0.296. The average Bonchev–Trinajstić information content (AvgIpc) is 2.44. The van der Waals surface area contributed by atoms with Crippen molar-refractivity contribution in [1.29, 1.82) is 5.26 Å². The van der Waals surface area contributed by atoms with Gasteiger partial charge in [0, 0.05) is 18.7 Å². The van der Waals surface area contributed by atoms with Gasteiger partial charge < -0.3 is 9.84 Å². The third-order valence-electron chi connectivity index (χ3n) is 3.50. The molecule has 4 heteroatoms. The fourth-order valence-electron chi connectivity index (χ4n) is 2.49. The largest absolute Gasteiger partial charge is 0.493 e. The minimum Gasteiger partial charge on any atom is -0.493 e. The van der Waals surface area contributed by atoms with Crippen LogP contribution in [-0.2, 0) is 0 Å². The van der Waals surface area contributed by atoms with E-state index >= 15 is 0 Å². The first-order valence-corrected chi connectivity index (χ1v) is 6.79. The molecule has 1 aromatic carbocycles. The lowest BCUT2D eigenvalue weighted by Gasteiger charge is -2.33. The van der Waals surface area contributed by atoms with Crippen molar-refractivity contribution in [2.24, 2.45) is 0 Å². The Kier molecular flexibility index (Phi) is 4.78. The molecule has 0 saturated carbocycles. The van der Waals surface area contributed by atoms with E-state index in [4.69, 9.17) is 4.74 Å². The van der Waals surface area contributed by atoms with Crippen LogP contribution in [0.25, 0.3) is 0 Å². The summed E-state index contributed by atoms with van der Waals surface area (Å²) >= 11 is 0. The van der Waals surface area contributed by atoms with Crippen LogP contribution in [0.5, 0.6) is 5.75 Å². The van der Waals surface area contributed by atoms with E-state index in [9.17, 15) is 10.4 Å². The van der Waals surface area contributed by atoms with Gasteiger partial charge >= 0.3 is 0 Å². The summed E-state index contributed by atoms with van der Waals surface area (Å²) in [5.74, 6) is 0.780. The number of nitrogens with zero attached hydrogens (tertiary/aromatic N) is 2. The molecule has 1 atom stereocenters. The van der Waals surface area contributed by atoms with Crippen molar-refractivity contribution in [1.82, 2.24) is 4.90 Å². The molecule has 1 aromatic rings. The van der Waals surface area contributed by atoms with Crippen LogP contribution in [-0.4, -0.2) is 35.8 Å². The molecule has 4 nitrogen and oxygen atoms in total. The molecular formula is C15H20N2O2. The normalized spacial score (nSPS) is 18.8. The van der Waals surface area contributed by atoms with Crippen LogP contribution >= 0.6 is 0 Å². The SMILES string of the molecule is CCOc1ccccc1C(C#N)N1CCC(O)CC1. The number of ether oxygens (including phenoxy) is 1. The van der Waals surface area contributed by atoms with E-state index in [2.05, 4.69) is 11.0 Å². The minimum absolute atomic E-state index is 0.224. The smallest absolute Gasteiger partial charge is 0.127 e. The van der Waals surface area contributed by atoms with Crippen LogP contribution in [0.3, 0.4) is 0 Å². The van der Waals surface area contributed by atoms with Crippen LogP contribution in [0.4, 0.5) is 0 Å². The first kappa shape index (κ1) is 13.9. The zero-order valence-electron chi connectivity index (χ0n) is 11.2. The van der Waals surface area contributed by atoms with Crippen molar-refractivity contribution < 1.29 is 9.84 Å². The van der Waals surface area contributed by atoms with Gasteiger partial charge in [-0.05, 0) is 25.8 Å². The number of nitriles is 1. The molecule has 0 aromatic heterocycles. The number of rotatable bonds is 4. The Balaban J connectivity index is 2.20. The molecule has 0 bridgehead atoms. The van der Waals surface area contributed by atoms with Crippen molar-refractivity contribution in [3.05, 3.63) is 29.8 Å². The molecule has 0 amide bonds. The second-order valence-corrected chi connectivity index (χ2v) is 4.77. The highest BCUT2D eigenvalue weighted by atomic mass is 16.5. The van der Waals surface area contributed by atoms with Crippen molar-refractivity contribution >= 4 is 0 Å². The molecule has 19 heavy (non-hydrogen) atoms. The van der Waals surface area contributed by atoms with E-state index in [1.54, 1.807) is 0 Å². The predicted octanol–water partition coefficient (Wildman–Crippen LogP) is 2.11. The van der Waals surface area contributed by atoms with Gasteiger partial charge in [0.15, 0.2) is 0 Å². The summed E-state index contributed by atoms with van der Waals surface area (Å²) in [5.41, 5.74) is 0.920. The van der Waals surface area contributed by atoms with E-state index < -0.39 is 0 Å². The number of piperidine rings is 1. The Morgan fingerprint density at radius 3 is 2.74 bits per heavy atom. The summed E-state index contributed by atoms with van der Waals surface area (Å²) in [4.78, 5) is 2.12. The van der Waals surface area contributed by atoms with Crippen LogP contribution in [0.15, 0.2) is 24.3 Å². The maximum atomic E-state index is 9.56. The van der Waals surface area contributed by atoms with Gasteiger partial charge in [0.2, 0.25) is 0 Å². The third-order valence-corrected chi connectivity index (χ3v) is 3.50. The molecule has 102 valence electrons. The second kappa shape index (κ2) is 6.55. The number of likely N-dealkylation sites (tertiary alicyclic amines) is 1. The number of aliphatic hydroxyl groups excluding tert-OH is 1. The zero-order chi connectivity index (χ0) is 13.7. The molecule has 1 heterocycles. The molecule has 1 fully saturated rings. The first-order valence-electron chi connectivity index (χ1n) is 6.79. The molecule has 1 aliphatic rings. The van der Waals surface area contributed by atoms with Gasteiger partial charge in [-0.15, -0.1) is 0 Å². The van der Waals surface area contributed by atoms with E-state index in [0.717, 1.165) is 37.2 Å². The monoisotopic (exact) mass is 260 g/mol. The first-order chi connectivity index (χ1) is 9.26. The van der Waals surface area contributed by atoms with Gasteiger partial charge in [0.25, 0.3) is 0 Å². The van der Waals surface area contributed by atoms with Crippen molar-refractivity contribution in [2.75, 3.05) is 19.7 Å². The lowest BCUT2D eigenvalue weighted by Crippen LogP contribution is -2.38. The van der Waals surface area contributed by atoms with Gasteiger partial charge in [-0.3, -0.25) is 4.90 Å². The Hall–Kier alpha value is -1.57. The van der Waals surface area contributed by atoms with Gasteiger partial charge in [-0.1, -0.05) is 18.2 Å². The standard InChI is InChI=1S/C15H20N2O2/c1-2-19-15-6-4-3-5-13(15)14(11-16)17-9-7-12(18)8-10-17/h3-6,12,14,18H,2,7-10H2,1H3. The lowest BCUT2D eigenvalue weighted by atomic mass is 10.0. The molecule has 1 unspecified atom stereocenters. The van der Waals surface area contributed by atoms with Gasteiger partial charge in [-0.25, -0.2) is 0 Å². The Bertz CT molecular complexity index is 448. The number of benzene rings is 1.